The van der Waals surface area contributed by atoms with Crippen LogP contribution in [0, 0.1) is 12.1 Å². The maximum Gasteiger partial charge on any atom is 0.335 e. The van der Waals surface area contributed by atoms with Crippen molar-refractivity contribution in [3.8, 4) is 0 Å². The van der Waals surface area contributed by atoms with E-state index in [2.05, 4.69) is 12.1 Å². The number of carboxylic acid groups (broad SMARTS) is 1. The van der Waals surface area contributed by atoms with Crippen LogP contribution in [0.2, 0.25) is 0 Å². The summed E-state index contributed by atoms with van der Waals surface area (Å²) >= 11 is 0. The fourth-order valence-electron chi connectivity index (χ4n) is 0.871. The van der Waals surface area contributed by atoms with Crippen LogP contribution < -0.4 is 0 Å². The Morgan fingerprint density at radius 3 is 1.73 bits per heavy atom. The molecule has 2 nitrogen and oxygen atoms in total. The van der Waals surface area contributed by atoms with E-state index >= 15 is 0 Å². The third-order valence-corrected chi connectivity index (χ3v) is 1.57. The molecule has 74 valence electrons. The number of hydrogen-bond donors (Lipinski definition) is 1. The normalized spacial score (nSPS) is 8.53. The van der Waals surface area contributed by atoms with Gasteiger partial charge in [0, 0.05) is 0 Å². The van der Waals surface area contributed by atoms with Crippen molar-refractivity contribution in [2.75, 3.05) is 0 Å². The second-order valence-electron chi connectivity index (χ2n) is 2.67. The topological polar surface area (TPSA) is 37.3 Å². The molecule has 0 aliphatic carbocycles. The summed E-state index contributed by atoms with van der Waals surface area (Å²) in [5.74, 6) is -0.899. The van der Waals surface area contributed by atoms with E-state index in [1.54, 1.807) is 12.1 Å². The molecule has 2 radical (unpaired) electrons. The van der Waals surface area contributed by atoms with E-state index in [-0.39, 0.29) is 0 Å². The average molecular weight is 198 g/mol. The fraction of sp³-hybridized carbons (Fsp3) is 0. The van der Waals surface area contributed by atoms with Crippen LogP contribution in [0.15, 0.2) is 54.6 Å². The maximum absolute atomic E-state index is 10.2. The van der Waals surface area contributed by atoms with Crippen molar-refractivity contribution < 1.29 is 9.90 Å². The Bertz CT molecular complexity index is 355. The lowest BCUT2D eigenvalue weighted by atomic mass is 10.2. The Morgan fingerprint density at radius 1 is 0.933 bits per heavy atom. The van der Waals surface area contributed by atoms with Gasteiger partial charge >= 0.3 is 5.97 Å². The molecule has 0 saturated heterocycles. The molecule has 1 N–H and O–H groups in total. The van der Waals surface area contributed by atoms with Crippen LogP contribution in [-0.4, -0.2) is 11.1 Å². The zero-order valence-electron chi connectivity index (χ0n) is 8.05. The Kier molecular flexibility index (Phi) is 4.67. The lowest BCUT2D eigenvalue weighted by molar-refractivity contribution is 0.0697. The highest BCUT2D eigenvalue weighted by atomic mass is 16.4. The minimum atomic E-state index is -0.899. The molecule has 0 aromatic heterocycles. The van der Waals surface area contributed by atoms with Crippen molar-refractivity contribution >= 4 is 5.97 Å². The Hall–Kier alpha value is -2.09. The lowest BCUT2D eigenvalue weighted by Gasteiger charge is -1.87. The number of aromatic carboxylic acids is 1. The maximum atomic E-state index is 10.2. The van der Waals surface area contributed by atoms with E-state index in [1.165, 1.54) is 12.1 Å². The third-order valence-electron chi connectivity index (χ3n) is 1.57. The molecule has 2 aromatic rings. The first kappa shape index (κ1) is 11.0. The number of benzene rings is 2. The first-order valence-corrected chi connectivity index (χ1v) is 4.41. The van der Waals surface area contributed by atoms with Gasteiger partial charge in [0.2, 0.25) is 0 Å². The Labute approximate surface area is 88.8 Å². The molecule has 0 atom stereocenters. The molecule has 0 spiro atoms. The van der Waals surface area contributed by atoms with Crippen molar-refractivity contribution in [2.24, 2.45) is 0 Å². The second-order valence-corrected chi connectivity index (χ2v) is 2.67. The predicted octanol–water partition coefficient (Wildman–Crippen LogP) is 2.67. The van der Waals surface area contributed by atoms with Gasteiger partial charge in [-0.1, -0.05) is 42.5 Å². The van der Waals surface area contributed by atoms with E-state index in [0.717, 1.165) is 0 Å². The zero-order chi connectivity index (χ0) is 10.9. The third kappa shape index (κ3) is 4.62. The molecule has 0 amide bonds. The van der Waals surface area contributed by atoms with Gasteiger partial charge in [0.1, 0.15) is 0 Å². The van der Waals surface area contributed by atoms with Crippen LogP contribution in [0.3, 0.4) is 0 Å². The Balaban J connectivity index is 0.000000162. The Morgan fingerprint density at radius 2 is 1.47 bits per heavy atom. The van der Waals surface area contributed by atoms with Crippen LogP contribution in [0.1, 0.15) is 10.4 Å². The van der Waals surface area contributed by atoms with Crippen molar-refractivity contribution in [3.63, 3.8) is 0 Å². The highest BCUT2D eigenvalue weighted by molar-refractivity contribution is 5.87. The van der Waals surface area contributed by atoms with Gasteiger partial charge in [0.15, 0.2) is 0 Å². The summed E-state index contributed by atoms with van der Waals surface area (Å²) < 4.78 is 0. The van der Waals surface area contributed by atoms with E-state index in [9.17, 15) is 4.79 Å². The molecule has 0 aliphatic heterocycles. The van der Waals surface area contributed by atoms with Crippen LogP contribution in [0.25, 0.3) is 0 Å². The summed E-state index contributed by atoms with van der Waals surface area (Å²) in [5, 5.41) is 8.37. The van der Waals surface area contributed by atoms with Gasteiger partial charge in [-0.2, -0.15) is 0 Å². The summed E-state index contributed by atoms with van der Waals surface area (Å²) in [4.78, 5) is 10.2. The summed E-state index contributed by atoms with van der Waals surface area (Å²) in [6.45, 7) is 0. The first-order chi connectivity index (χ1) is 7.30. The number of hydrogen-bond acceptors (Lipinski definition) is 1. The largest absolute Gasteiger partial charge is 0.478 e. The molecule has 0 aliphatic rings. The molecule has 0 saturated carbocycles. The van der Waals surface area contributed by atoms with Crippen LogP contribution in [-0.2, 0) is 0 Å². The molecule has 0 unspecified atom stereocenters. The van der Waals surface area contributed by atoms with Crippen molar-refractivity contribution in [2.45, 2.75) is 0 Å². The number of rotatable bonds is 1. The number of carboxylic acids is 1. The molecule has 15 heavy (non-hydrogen) atoms. The molecular formula is C13H10O2. The monoisotopic (exact) mass is 198 g/mol. The molecule has 0 fully saturated rings. The van der Waals surface area contributed by atoms with Gasteiger partial charge < -0.3 is 5.11 Å². The minimum absolute atomic E-state index is 0.300. The van der Waals surface area contributed by atoms with Crippen LogP contribution >= 0.6 is 0 Å². The smallest absolute Gasteiger partial charge is 0.335 e. The summed E-state index contributed by atoms with van der Waals surface area (Å²) in [7, 11) is 0. The highest BCUT2D eigenvalue weighted by Gasteiger charge is 1.96. The van der Waals surface area contributed by atoms with E-state index in [0.29, 0.717) is 5.56 Å². The fourth-order valence-corrected chi connectivity index (χ4v) is 0.871. The predicted molar refractivity (Wildman–Crippen MR) is 57.5 cm³/mol. The van der Waals surface area contributed by atoms with Crippen molar-refractivity contribution in [1.82, 2.24) is 0 Å². The summed E-state index contributed by atoms with van der Waals surface area (Å²) in [6.07, 6.45) is 0. The van der Waals surface area contributed by atoms with E-state index in [4.69, 9.17) is 5.11 Å². The van der Waals surface area contributed by atoms with Crippen molar-refractivity contribution in [3.05, 3.63) is 72.3 Å². The minimum Gasteiger partial charge on any atom is -0.478 e. The lowest BCUT2D eigenvalue weighted by Crippen LogP contribution is -1.93. The van der Waals surface area contributed by atoms with E-state index < -0.39 is 5.97 Å². The second kappa shape index (κ2) is 6.38. The molecule has 2 heteroatoms. The molecular weight excluding hydrogens is 188 g/mol. The standard InChI is InChI=1S/C7H5O2.C6H5/c8-7(9)6-4-2-1-3-5-6;1-2-4-6-5-3-1/h2-5H,(H,8,9);1-5H. The van der Waals surface area contributed by atoms with Gasteiger partial charge in [0.05, 0.1) is 5.56 Å². The van der Waals surface area contributed by atoms with Gasteiger partial charge in [0.25, 0.3) is 0 Å². The van der Waals surface area contributed by atoms with Gasteiger partial charge in [-0.05, 0) is 24.3 Å². The average Bonchev–Trinajstić information content (AvgIpc) is 2.33. The summed E-state index contributed by atoms with van der Waals surface area (Å²) in [6, 6.07) is 21.4. The SMILES string of the molecule is O=C(O)c1cc[c]cc1.[c]1ccccc1. The van der Waals surface area contributed by atoms with Gasteiger partial charge in [-0.3, -0.25) is 0 Å². The zero-order valence-corrected chi connectivity index (χ0v) is 8.05. The summed E-state index contributed by atoms with van der Waals surface area (Å²) in [5.41, 5.74) is 0.300. The van der Waals surface area contributed by atoms with Gasteiger partial charge in [-0.25, -0.2) is 4.79 Å². The molecule has 0 heterocycles. The molecule has 2 rings (SSSR count). The molecule has 2 aromatic carbocycles. The first-order valence-electron chi connectivity index (χ1n) is 4.41. The van der Waals surface area contributed by atoms with Crippen LogP contribution in [0.5, 0.6) is 0 Å². The number of carbonyl (C=O) groups is 1. The van der Waals surface area contributed by atoms with Crippen LogP contribution in [0.4, 0.5) is 0 Å². The van der Waals surface area contributed by atoms with E-state index in [1.807, 2.05) is 30.3 Å². The highest BCUT2D eigenvalue weighted by Crippen LogP contribution is 1.95. The quantitative estimate of drug-likeness (QED) is 0.764. The molecule has 0 bridgehead atoms. The van der Waals surface area contributed by atoms with Gasteiger partial charge in [-0.15, -0.1) is 0 Å². The van der Waals surface area contributed by atoms with Crippen molar-refractivity contribution in [1.29, 1.82) is 0 Å².